The summed E-state index contributed by atoms with van der Waals surface area (Å²) >= 11 is 6.07. The van der Waals surface area contributed by atoms with Gasteiger partial charge in [0.2, 0.25) is 0 Å². The molecule has 3 N–H and O–H groups in total. The van der Waals surface area contributed by atoms with E-state index >= 15 is 0 Å². The molecule has 0 spiro atoms. The number of carbonyl (C=O) groups is 2. The number of aromatic nitrogens is 1. The lowest BCUT2D eigenvalue weighted by molar-refractivity contribution is -0.0330. The van der Waals surface area contributed by atoms with Gasteiger partial charge in [-0.15, -0.1) is 0 Å². The Kier molecular flexibility index (Phi) is 6.07. The van der Waals surface area contributed by atoms with E-state index in [9.17, 15) is 19.8 Å². The number of carboxylic acid groups (broad SMARTS) is 1. The fourth-order valence-corrected chi connectivity index (χ4v) is 3.63. The molecule has 1 fully saturated rings. The van der Waals surface area contributed by atoms with Crippen molar-refractivity contribution in [2.75, 3.05) is 26.2 Å². The summed E-state index contributed by atoms with van der Waals surface area (Å²) in [6.45, 7) is 7.24. The van der Waals surface area contributed by atoms with Gasteiger partial charge in [-0.05, 0) is 44.5 Å². The van der Waals surface area contributed by atoms with E-state index in [1.165, 1.54) is 0 Å². The van der Waals surface area contributed by atoms with Crippen LogP contribution in [0, 0.1) is 0 Å². The number of fused-ring (bicyclic) bond motifs is 1. The smallest absolute Gasteiger partial charge is 0.410 e. The Labute approximate surface area is 174 Å². The highest BCUT2D eigenvalue weighted by Gasteiger charge is 2.29. The molecular formula is C20H26ClN3O5. The van der Waals surface area contributed by atoms with Gasteiger partial charge in [0.05, 0.1) is 0 Å². The predicted octanol–water partition coefficient (Wildman–Crippen LogP) is 2.93. The lowest BCUT2D eigenvalue weighted by Gasteiger charge is -2.37. The van der Waals surface area contributed by atoms with Crippen LogP contribution in [0.5, 0.6) is 0 Å². The molecule has 8 nitrogen and oxygen atoms in total. The van der Waals surface area contributed by atoms with Gasteiger partial charge in [0.1, 0.15) is 17.5 Å². The number of aliphatic hydroxyl groups is 1. The molecule has 1 aromatic carbocycles. The number of carbonyl (C=O) groups excluding carboxylic acids is 1. The lowest BCUT2D eigenvalue weighted by atomic mass is 10.1. The number of aliphatic hydroxyl groups excluding tert-OH is 1. The fraction of sp³-hybridized carbons (Fsp3) is 0.500. The number of aromatic amines is 1. The van der Waals surface area contributed by atoms with Gasteiger partial charge in [-0.3, -0.25) is 4.90 Å². The van der Waals surface area contributed by atoms with Crippen LogP contribution in [0.15, 0.2) is 18.2 Å². The zero-order valence-electron chi connectivity index (χ0n) is 16.7. The van der Waals surface area contributed by atoms with Gasteiger partial charge in [-0.1, -0.05) is 11.6 Å². The van der Waals surface area contributed by atoms with Gasteiger partial charge in [0.25, 0.3) is 0 Å². The van der Waals surface area contributed by atoms with Crippen LogP contribution in [0.3, 0.4) is 0 Å². The number of amides is 1. The van der Waals surface area contributed by atoms with E-state index in [1.807, 2.05) is 25.7 Å². The summed E-state index contributed by atoms with van der Waals surface area (Å²) < 4.78 is 5.38. The molecule has 1 aliphatic heterocycles. The SMILES string of the molecule is CC(C)(C)OC(=O)N1CCN(C(O)Cc2c(C(=O)O)[nH]c3ccc(Cl)cc23)CC1. The van der Waals surface area contributed by atoms with Crippen LogP contribution in [0.1, 0.15) is 36.8 Å². The van der Waals surface area contributed by atoms with E-state index in [0.717, 1.165) is 0 Å². The van der Waals surface area contributed by atoms with Gasteiger partial charge in [-0.25, -0.2) is 9.59 Å². The number of hydrogen-bond donors (Lipinski definition) is 3. The Morgan fingerprint density at radius 1 is 1.24 bits per heavy atom. The molecule has 2 heterocycles. The van der Waals surface area contributed by atoms with Crippen LogP contribution in [0.4, 0.5) is 4.79 Å². The molecule has 3 rings (SSSR count). The van der Waals surface area contributed by atoms with Crippen molar-refractivity contribution in [1.82, 2.24) is 14.8 Å². The molecule has 0 aliphatic carbocycles. The molecule has 9 heteroatoms. The van der Waals surface area contributed by atoms with Crippen molar-refractivity contribution in [3.63, 3.8) is 0 Å². The lowest BCUT2D eigenvalue weighted by Crippen LogP contribution is -2.53. The van der Waals surface area contributed by atoms with E-state index in [0.29, 0.717) is 47.7 Å². The molecule has 2 aromatic rings. The van der Waals surface area contributed by atoms with Gasteiger partial charge < -0.3 is 24.8 Å². The Bertz CT molecular complexity index is 913. The van der Waals surface area contributed by atoms with Crippen molar-refractivity contribution >= 4 is 34.6 Å². The first-order valence-electron chi connectivity index (χ1n) is 9.48. The van der Waals surface area contributed by atoms with Gasteiger partial charge >= 0.3 is 12.1 Å². The van der Waals surface area contributed by atoms with Crippen molar-refractivity contribution in [3.05, 3.63) is 34.5 Å². The maximum absolute atomic E-state index is 12.2. The Balaban J connectivity index is 1.69. The topological polar surface area (TPSA) is 106 Å². The molecule has 0 bridgehead atoms. The minimum absolute atomic E-state index is 0.0497. The number of nitrogens with zero attached hydrogens (tertiary/aromatic N) is 2. The average molecular weight is 424 g/mol. The summed E-state index contributed by atoms with van der Waals surface area (Å²) in [4.78, 5) is 30.2. The maximum Gasteiger partial charge on any atom is 0.410 e. The third-order valence-corrected chi connectivity index (χ3v) is 5.09. The van der Waals surface area contributed by atoms with Crippen molar-refractivity contribution in [2.45, 2.75) is 39.0 Å². The third-order valence-electron chi connectivity index (χ3n) is 4.86. The monoisotopic (exact) mass is 423 g/mol. The Morgan fingerprint density at radius 3 is 2.48 bits per heavy atom. The van der Waals surface area contributed by atoms with Gasteiger partial charge in [0.15, 0.2) is 0 Å². The second-order valence-electron chi connectivity index (χ2n) is 8.16. The highest BCUT2D eigenvalue weighted by atomic mass is 35.5. The minimum atomic E-state index is -1.09. The molecule has 1 unspecified atom stereocenters. The number of halogens is 1. The van der Waals surface area contributed by atoms with E-state index in [2.05, 4.69) is 4.98 Å². The number of piperazine rings is 1. The molecule has 158 valence electrons. The fourth-order valence-electron chi connectivity index (χ4n) is 3.46. The Hall–Kier alpha value is -2.29. The van der Waals surface area contributed by atoms with Crippen molar-refractivity contribution in [2.24, 2.45) is 0 Å². The first-order valence-corrected chi connectivity index (χ1v) is 9.86. The zero-order chi connectivity index (χ0) is 21.3. The molecule has 1 aliphatic rings. The van der Waals surface area contributed by atoms with Gasteiger partial charge in [0, 0.05) is 48.5 Å². The highest BCUT2D eigenvalue weighted by Crippen LogP contribution is 2.27. The number of H-pyrrole nitrogens is 1. The third kappa shape index (κ3) is 5.01. The number of hydrogen-bond acceptors (Lipinski definition) is 5. The first-order chi connectivity index (χ1) is 13.5. The van der Waals surface area contributed by atoms with Crippen LogP contribution < -0.4 is 0 Å². The maximum atomic E-state index is 12.2. The second-order valence-corrected chi connectivity index (χ2v) is 8.60. The zero-order valence-corrected chi connectivity index (χ0v) is 17.5. The summed E-state index contributed by atoms with van der Waals surface area (Å²) in [5.74, 6) is -1.09. The predicted molar refractivity (Wildman–Crippen MR) is 109 cm³/mol. The average Bonchev–Trinajstić information content (AvgIpc) is 2.98. The van der Waals surface area contributed by atoms with Crippen LogP contribution in [-0.4, -0.2) is 75.1 Å². The second kappa shape index (κ2) is 8.22. The standard InChI is InChI=1S/C20H26ClN3O5/c1-20(2,3)29-19(28)24-8-6-23(7-9-24)16(25)11-14-13-10-12(21)4-5-15(13)22-17(14)18(26)27/h4-5,10,16,22,25H,6-9,11H2,1-3H3,(H,26,27). The number of carboxylic acids is 1. The number of rotatable bonds is 4. The molecule has 1 saturated heterocycles. The summed E-state index contributed by atoms with van der Waals surface area (Å²) in [5, 5.41) is 21.5. The van der Waals surface area contributed by atoms with Crippen molar-refractivity contribution in [3.8, 4) is 0 Å². The molecule has 1 atom stereocenters. The molecule has 29 heavy (non-hydrogen) atoms. The highest BCUT2D eigenvalue weighted by molar-refractivity contribution is 6.31. The summed E-state index contributed by atoms with van der Waals surface area (Å²) in [7, 11) is 0. The summed E-state index contributed by atoms with van der Waals surface area (Å²) in [5.41, 5.74) is 0.659. The van der Waals surface area contributed by atoms with E-state index in [1.54, 1.807) is 23.1 Å². The molecule has 0 radical (unpaired) electrons. The van der Waals surface area contributed by atoms with Crippen LogP contribution >= 0.6 is 11.6 Å². The molecule has 1 amide bonds. The summed E-state index contributed by atoms with van der Waals surface area (Å²) in [6, 6.07) is 5.10. The number of benzene rings is 1. The normalized spacial score (nSPS) is 16.8. The Morgan fingerprint density at radius 2 is 1.90 bits per heavy atom. The van der Waals surface area contributed by atoms with Crippen LogP contribution in [-0.2, 0) is 11.2 Å². The van der Waals surface area contributed by atoms with Crippen molar-refractivity contribution < 1.29 is 24.5 Å². The van der Waals surface area contributed by atoms with E-state index in [4.69, 9.17) is 16.3 Å². The quantitative estimate of drug-likeness (QED) is 0.698. The first kappa shape index (κ1) is 21.4. The summed E-state index contributed by atoms with van der Waals surface area (Å²) in [6.07, 6.45) is -1.12. The van der Waals surface area contributed by atoms with Crippen molar-refractivity contribution in [1.29, 1.82) is 0 Å². The molecule has 1 aromatic heterocycles. The van der Waals surface area contributed by atoms with Gasteiger partial charge in [-0.2, -0.15) is 0 Å². The van der Waals surface area contributed by atoms with E-state index < -0.39 is 17.8 Å². The molecule has 0 saturated carbocycles. The van der Waals surface area contributed by atoms with E-state index in [-0.39, 0.29) is 18.2 Å². The molecular weight excluding hydrogens is 398 g/mol. The number of aromatic carboxylic acids is 1. The number of ether oxygens (including phenoxy) is 1. The van der Waals surface area contributed by atoms with Crippen LogP contribution in [0.25, 0.3) is 10.9 Å². The number of nitrogens with one attached hydrogen (secondary N) is 1. The largest absolute Gasteiger partial charge is 0.477 e. The van der Waals surface area contributed by atoms with Crippen LogP contribution in [0.2, 0.25) is 5.02 Å². The minimum Gasteiger partial charge on any atom is -0.477 e.